The molecule has 0 spiro atoms. The molecule has 1 unspecified atom stereocenters. The molecule has 1 amide bonds. The molecule has 0 aromatic carbocycles. The molecule has 0 aliphatic carbocycles. The Morgan fingerprint density at radius 1 is 0.571 bits per heavy atom. The van der Waals surface area contributed by atoms with Crippen LogP contribution in [-0.4, -0.2) is 17.2 Å². The summed E-state index contributed by atoms with van der Waals surface area (Å²) < 4.78 is 0. The first-order valence-corrected chi connectivity index (χ1v) is 12.7. The molecule has 0 aliphatic heterocycles. The maximum Gasteiger partial charge on any atom is 0.404 e. The minimum Gasteiger partial charge on any atom is -0.465 e. The van der Waals surface area contributed by atoms with Crippen LogP contribution in [-0.2, 0) is 0 Å². The number of hydrogen-bond acceptors (Lipinski definition) is 1. The van der Waals surface area contributed by atoms with Gasteiger partial charge < -0.3 is 10.4 Å². The summed E-state index contributed by atoms with van der Waals surface area (Å²) in [7, 11) is 0. The van der Waals surface area contributed by atoms with Crippen molar-refractivity contribution in [2.45, 2.75) is 155 Å². The molecule has 0 aromatic heterocycles. The number of amides is 1. The summed E-state index contributed by atoms with van der Waals surface area (Å²) >= 11 is 0. The van der Waals surface area contributed by atoms with Crippen LogP contribution < -0.4 is 5.32 Å². The average molecular weight is 398 g/mol. The van der Waals surface area contributed by atoms with E-state index in [0.717, 1.165) is 25.7 Å². The van der Waals surface area contributed by atoms with Crippen LogP contribution in [0.4, 0.5) is 4.79 Å². The number of hydrogen-bond donors (Lipinski definition) is 2. The van der Waals surface area contributed by atoms with Gasteiger partial charge in [-0.3, -0.25) is 0 Å². The SMILES string of the molecule is CCCCCCCCCCCCCCCCCC(CCCCCC)NC(=O)O. The highest BCUT2D eigenvalue weighted by molar-refractivity contribution is 5.64. The van der Waals surface area contributed by atoms with Gasteiger partial charge in [-0.1, -0.05) is 136 Å². The highest BCUT2D eigenvalue weighted by Gasteiger charge is 2.10. The topological polar surface area (TPSA) is 49.3 Å². The first-order chi connectivity index (χ1) is 13.7. The number of rotatable bonds is 22. The monoisotopic (exact) mass is 397 g/mol. The Labute approximate surface area is 176 Å². The number of unbranched alkanes of at least 4 members (excludes halogenated alkanes) is 17. The summed E-state index contributed by atoms with van der Waals surface area (Å²) in [5.74, 6) is 0. The van der Waals surface area contributed by atoms with E-state index in [2.05, 4.69) is 19.2 Å². The molecule has 3 heteroatoms. The fourth-order valence-electron chi connectivity index (χ4n) is 4.04. The second-order valence-corrected chi connectivity index (χ2v) is 8.73. The van der Waals surface area contributed by atoms with Crippen molar-refractivity contribution in [2.24, 2.45) is 0 Å². The molecule has 0 bridgehead atoms. The van der Waals surface area contributed by atoms with Gasteiger partial charge in [0.25, 0.3) is 0 Å². The molecular weight excluding hydrogens is 346 g/mol. The fraction of sp³-hybridized carbons (Fsp3) is 0.960. The Morgan fingerprint density at radius 3 is 1.18 bits per heavy atom. The van der Waals surface area contributed by atoms with Gasteiger partial charge in [0.2, 0.25) is 0 Å². The zero-order valence-electron chi connectivity index (χ0n) is 19.3. The van der Waals surface area contributed by atoms with Crippen LogP contribution in [0.3, 0.4) is 0 Å². The normalized spacial score (nSPS) is 12.2. The maximum absolute atomic E-state index is 10.9. The van der Waals surface area contributed by atoms with Crippen molar-refractivity contribution in [2.75, 3.05) is 0 Å². The second kappa shape index (κ2) is 22.6. The molecule has 1 atom stereocenters. The van der Waals surface area contributed by atoms with Crippen LogP contribution in [0.5, 0.6) is 0 Å². The quantitative estimate of drug-likeness (QED) is 0.179. The molecule has 0 rings (SSSR count). The molecule has 0 aliphatic rings. The minimum absolute atomic E-state index is 0.163. The zero-order valence-corrected chi connectivity index (χ0v) is 19.3. The molecule has 0 heterocycles. The van der Waals surface area contributed by atoms with Gasteiger partial charge in [-0.2, -0.15) is 0 Å². The van der Waals surface area contributed by atoms with Gasteiger partial charge >= 0.3 is 6.09 Å². The van der Waals surface area contributed by atoms with Gasteiger partial charge in [0.1, 0.15) is 0 Å². The summed E-state index contributed by atoms with van der Waals surface area (Å²) in [5, 5.41) is 11.7. The van der Waals surface area contributed by atoms with Crippen molar-refractivity contribution in [3.63, 3.8) is 0 Å². The molecule has 0 saturated heterocycles. The minimum atomic E-state index is -0.860. The number of carbonyl (C=O) groups is 1. The van der Waals surface area contributed by atoms with E-state index >= 15 is 0 Å². The van der Waals surface area contributed by atoms with Gasteiger partial charge in [-0.05, 0) is 12.8 Å². The van der Waals surface area contributed by atoms with Crippen LogP contribution in [0.2, 0.25) is 0 Å². The van der Waals surface area contributed by atoms with E-state index in [1.54, 1.807) is 0 Å². The van der Waals surface area contributed by atoms with E-state index in [4.69, 9.17) is 5.11 Å². The highest BCUT2D eigenvalue weighted by Crippen LogP contribution is 2.15. The lowest BCUT2D eigenvalue weighted by Crippen LogP contribution is -2.33. The van der Waals surface area contributed by atoms with Crippen molar-refractivity contribution in [3.05, 3.63) is 0 Å². The molecule has 0 fully saturated rings. The summed E-state index contributed by atoms with van der Waals surface area (Å²) in [4.78, 5) is 10.9. The molecule has 28 heavy (non-hydrogen) atoms. The van der Waals surface area contributed by atoms with E-state index < -0.39 is 6.09 Å². The summed E-state index contributed by atoms with van der Waals surface area (Å²) in [6.45, 7) is 4.49. The summed E-state index contributed by atoms with van der Waals surface area (Å²) in [6, 6.07) is 0.163. The van der Waals surface area contributed by atoms with Gasteiger partial charge in [-0.25, -0.2) is 4.79 Å². The summed E-state index contributed by atoms with van der Waals surface area (Å²) in [5.41, 5.74) is 0. The maximum atomic E-state index is 10.9. The van der Waals surface area contributed by atoms with E-state index in [1.165, 1.54) is 109 Å². The third-order valence-electron chi connectivity index (χ3n) is 5.89. The van der Waals surface area contributed by atoms with Gasteiger partial charge in [-0.15, -0.1) is 0 Å². The molecule has 168 valence electrons. The van der Waals surface area contributed by atoms with Crippen LogP contribution >= 0.6 is 0 Å². The summed E-state index contributed by atoms with van der Waals surface area (Å²) in [6.07, 6.45) is 26.7. The van der Waals surface area contributed by atoms with E-state index in [9.17, 15) is 4.79 Å². The molecule has 0 radical (unpaired) electrons. The Hall–Kier alpha value is -0.730. The number of carboxylic acid groups (broad SMARTS) is 1. The highest BCUT2D eigenvalue weighted by atomic mass is 16.4. The van der Waals surface area contributed by atoms with Crippen LogP contribution in [0, 0.1) is 0 Å². The van der Waals surface area contributed by atoms with Gasteiger partial charge in [0.15, 0.2) is 0 Å². The van der Waals surface area contributed by atoms with Crippen molar-refractivity contribution >= 4 is 6.09 Å². The van der Waals surface area contributed by atoms with Crippen LogP contribution in [0.15, 0.2) is 0 Å². The number of nitrogens with one attached hydrogen (secondary N) is 1. The average Bonchev–Trinajstić information content (AvgIpc) is 2.67. The predicted octanol–water partition coefficient (Wildman–Crippen LogP) is 8.85. The van der Waals surface area contributed by atoms with Gasteiger partial charge in [0, 0.05) is 6.04 Å². The Morgan fingerprint density at radius 2 is 0.857 bits per heavy atom. The largest absolute Gasteiger partial charge is 0.465 e. The molecule has 3 nitrogen and oxygen atoms in total. The second-order valence-electron chi connectivity index (χ2n) is 8.73. The predicted molar refractivity (Wildman–Crippen MR) is 123 cm³/mol. The molecule has 2 N–H and O–H groups in total. The third-order valence-corrected chi connectivity index (χ3v) is 5.89. The van der Waals surface area contributed by atoms with Gasteiger partial charge in [0.05, 0.1) is 0 Å². The van der Waals surface area contributed by atoms with E-state index in [1.807, 2.05) is 0 Å². The van der Waals surface area contributed by atoms with Crippen molar-refractivity contribution in [1.29, 1.82) is 0 Å². The Bertz CT molecular complexity index is 320. The van der Waals surface area contributed by atoms with Crippen molar-refractivity contribution in [3.8, 4) is 0 Å². The smallest absolute Gasteiger partial charge is 0.404 e. The van der Waals surface area contributed by atoms with Crippen molar-refractivity contribution in [1.82, 2.24) is 5.32 Å². The van der Waals surface area contributed by atoms with Crippen LogP contribution in [0.1, 0.15) is 149 Å². The zero-order chi connectivity index (χ0) is 20.7. The lowest BCUT2D eigenvalue weighted by atomic mass is 10.00. The lowest BCUT2D eigenvalue weighted by Gasteiger charge is -2.16. The first kappa shape index (κ1) is 27.3. The van der Waals surface area contributed by atoms with E-state index in [-0.39, 0.29) is 6.04 Å². The standard InChI is InChI=1S/C25H51NO2/c1-3-5-7-9-10-11-12-13-14-15-16-17-18-19-21-23-24(26-25(27)28)22-20-8-6-4-2/h24,26H,3-23H2,1-2H3,(H,27,28). The van der Waals surface area contributed by atoms with Crippen LogP contribution in [0.25, 0.3) is 0 Å². The fourth-order valence-corrected chi connectivity index (χ4v) is 4.04. The first-order valence-electron chi connectivity index (χ1n) is 12.7. The van der Waals surface area contributed by atoms with Crippen molar-refractivity contribution < 1.29 is 9.90 Å². The van der Waals surface area contributed by atoms with E-state index in [0.29, 0.717) is 0 Å². The Balaban J connectivity index is 3.39. The molecular formula is C25H51NO2. The molecule has 0 saturated carbocycles. The lowest BCUT2D eigenvalue weighted by molar-refractivity contribution is 0.187. The Kier molecular flexibility index (Phi) is 22.0. The molecule has 0 aromatic rings. The third kappa shape index (κ3) is 21.6.